The molecule has 0 aliphatic heterocycles. The molecule has 3 nitrogen and oxygen atoms in total. The second-order valence-corrected chi connectivity index (χ2v) is 6.40. The van der Waals surface area contributed by atoms with E-state index >= 15 is 0 Å². The van der Waals surface area contributed by atoms with Crippen LogP contribution in [0.1, 0.15) is 50.4 Å². The Morgan fingerprint density at radius 3 is 2.56 bits per heavy atom. The zero-order valence-corrected chi connectivity index (χ0v) is 13.1. The Kier molecular flexibility index (Phi) is 4.49. The minimum atomic E-state index is 0.306. The smallest absolute Gasteiger partial charge is 0.0738 e. The number of hydrogen-bond acceptors (Lipinski definition) is 2. The van der Waals surface area contributed by atoms with Gasteiger partial charge in [0, 0.05) is 6.54 Å². The molecule has 1 heterocycles. The van der Waals surface area contributed by atoms with Crippen LogP contribution in [0.25, 0.3) is 0 Å². The first-order valence-corrected chi connectivity index (χ1v) is 7.83. The van der Waals surface area contributed by atoms with E-state index in [-0.39, 0.29) is 0 Å². The zero-order valence-electron chi connectivity index (χ0n) is 11.5. The second kappa shape index (κ2) is 5.74. The van der Waals surface area contributed by atoms with E-state index in [0.717, 1.165) is 25.2 Å². The van der Waals surface area contributed by atoms with Crippen molar-refractivity contribution in [3.05, 3.63) is 15.9 Å². The fourth-order valence-electron chi connectivity index (χ4n) is 3.15. The van der Waals surface area contributed by atoms with Crippen molar-refractivity contribution in [2.45, 2.75) is 58.9 Å². The number of nitrogens with zero attached hydrogens (tertiary/aromatic N) is 2. The van der Waals surface area contributed by atoms with Gasteiger partial charge in [0.2, 0.25) is 0 Å². The third-order valence-electron chi connectivity index (χ3n) is 4.34. The van der Waals surface area contributed by atoms with Gasteiger partial charge < -0.3 is 5.73 Å². The van der Waals surface area contributed by atoms with Gasteiger partial charge in [0.05, 0.1) is 15.9 Å². The highest BCUT2D eigenvalue weighted by atomic mass is 79.9. The fraction of sp³-hybridized carbons (Fsp3) is 0.786. The third kappa shape index (κ3) is 2.64. The number of aryl methyl sites for hydroxylation is 2. The number of aromatic nitrogens is 2. The Morgan fingerprint density at radius 2 is 2.00 bits per heavy atom. The van der Waals surface area contributed by atoms with Gasteiger partial charge in [-0.2, -0.15) is 5.10 Å². The topological polar surface area (TPSA) is 43.8 Å². The minimum Gasteiger partial charge on any atom is -0.330 e. The summed E-state index contributed by atoms with van der Waals surface area (Å²) in [6, 6.07) is 0. The number of rotatable bonds is 4. The lowest BCUT2D eigenvalue weighted by molar-refractivity contribution is 0.192. The summed E-state index contributed by atoms with van der Waals surface area (Å²) in [5.41, 5.74) is 8.82. The van der Waals surface area contributed by atoms with Crippen molar-refractivity contribution >= 4 is 15.9 Å². The Bertz CT molecular complexity index is 405. The van der Waals surface area contributed by atoms with Crippen molar-refractivity contribution in [2.75, 3.05) is 6.54 Å². The average molecular weight is 314 g/mol. The van der Waals surface area contributed by atoms with Crippen LogP contribution in [0, 0.1) is 12.3 Å². The van der Waals surface area contributed by atoms with Crippen molar-refractivity contribution < 1.29 is 0 Å². The van der Waals surface area contributed by atoms with Crippen LogP contribution in [0.5, 0.6) is 0 Å². The third-order valence-corrected chi connectivity index (χ3v) is 5.37. The fourth-order valence-corrected chi connectivity index (χ4v) is 3.57. The van der Waals surface area contributed by atoms with Gasteiger partial charge in [-0.05, 0) is 61.0 Å². The molecule has 0 spiro atoms. The second-order valence-electron chi connectivity index (χ2n) is 5.60. The predicted octanol–water partition coefficient (Wildman–Crippen LogP) is 3.43. The molecule has 0 bridgehead atoms. The Labute approximate surface area is 118 Å². The normalized spacial score (nSPS) is 19.1. The van der Waals surface area contributed by atoms with Crippen molar-refractivity contribution in [1.29, 1.82) is 0 Å². The van der Waals surface area contributed by atoms with E-state index in [2.05, 4.69) is 39.6 Å². The van der Waals surface area contributed by atoms with E-state index in [0.29, 0.717) is 5.41 Å². The lowest BCUT2D eigenvalue weighted by atomic mass is 9.71. The highest BCUT2D eigenvalue weighted by molar-refractivity contribution is 9.10. The molecular weight excluding hydrogens is 290 g/mol. The molecule has 1 fully saturated rings. The predicted molar refractivity (Wildman–Crippen MR) is 78.6 cm³/mol. The van der Waals surface area contributed by atoms with Gasteiger partial charge in [-0.25, -0.2) is 0 Å². The van der Waals surface area contributed by atoms with Crippen LogP contribution in [0.4, 0.5) is 0 Å². The van der Waals surface area contributed by atoms with Crippen molar-refractivity contribution in [3.63, 3.8) is 0 Å². The van der Waals surface area contributed by atoms with E-state index < -0.39 is 0 Å². The first kappa shape index (κ1) is 14.1. The maximum absolute atomic E-state index is 6.09. The highest BCUT2D eigenvalue weighted by Crippen LogP contribution is 2.40. The molecule has 0 aromatic carbocycles. The molecule has 18 heavy (non-hydrogen) atoms. The molecule has 1 saturated carbocycles. The molecule has 0 unspecified atom stereocenters. The first-order valence-electron chi connectivity index (χ1n) is 7.04. The van der Waals surface area contributed by atoms with Gasteiger partial charge in [0.25, 0.3) is 0 Å². The molecule has 102 valence electrons. The molecule has 1 aliphatic carbocycles. The Balaban J connectivity index is 2.26. The van der Waals surface area contributed by atoms with Crippen LogP contribution < -0.4 is 5.73 Å². The summed E-state index contributed by atoms with van der Waals surface area (Å²) in [4.78, 5) is 0. The zero-order chi connectivity index (χ0) is 13.2. The molecule has 0 atom stereocenters. The van der Waals surface area contributed by atoms with Crippen LogP contribution in [-0.2, 0) is 13.0 Å². The van der Waals surface area contributed by atoms with Crippen LogP contribution in [0.15, 0.2) is 4.47 Å². The van der Waals surface area contributed by atoms with Crippen LogP contribution in [0.2, 0.25) is 0 Å². The Morgan fingerprint density at radius 1 is 1.33 bits per heavy atom. The maximum Gasteiger partial charge on any atom is 0.0738 e. The van der Waals surface area contributed by atoms with E-state index in [9.17, 15) is 0 Å². The van der Waals surface area contributed by atoms with E-state index in [1.54, 1.807) is 0 Å². The number of hydrogen-bond donors (Lipinski definition) is 1. The molecule has 4 heteroatoms. The molecule has 1 aromatic heterocycles. The van der Waals surface area contributed by atoms with E-state index in [4.69, 9.17) is 5.73 Å². The summed E-state index contributed by atoms with van der Waals surface area (Å²) in [6.45, 7) is 5.95. The van der Waals surface area contributed by atoms with Gasteiger partial charge in [0.15, 0.2) is 0 Å². The molecule has 1 aliphatic rings. The SMILES string of the molecule is CCn1nc(C)c(Br)c1CC1(CN)CCCCC1. The summed E-state index contributed by atoms with van der Waals surface area (Å²) in [6.07, 6.45) is 7.63. The Hall–Kier alpha value is -0.350. The molecule has 0 amide bonds. The summed E-state index contributed by atoms with van der Waals surface area (Å²) in [7, 11) is 0. The minimum absolute atomic E-state index is 0.306. The van der Waals surface area contributed by atoms with Crippen molar-refractivity contribution in [2.24, 2.45) is 11.1 Å². The van der Waals surface area contributed by atoms with Crippen molar-refractivity contribution in [3.8, 4) is 0 Å². The van der Waals surface area contributed by atoms with Crippen LogP contribution >= 0.6 is 15.9 Å². The standard InChI is InChI=1S/C14H24BrN3/c1-3-18-12(13(15)11(2)17-18)9-14(10-16)7-5-4-6-8-14/h3-10,16H2,1-2H3. The summed E-state index contributed by atoms with van der Waals surface area (Å²) < 4.78 is 3.31. The van der Waals surface area contributed by atoms with Gasteiger partial charge in [-0.15, -0.1) is 0 Å². The number of nitrogens with two attached hydrogens (primary N) is 1. The molecule has 0 radical (unpaired) electrons. The van der Waals surface area contributed by atoms with Gasteiger partial charge in [-0.1, -0.05) is 19.3 Å². The van der Waals surface area contributed by atoms with Crippen LogP contribution in [0.3, 0.4) is 0 Å². The first-order chi connectivity index (χ1) is 8.62. The van der Waals surface area contributed by atoms with E-state index in [1.165, 1.54) is 42.3 Å². The summed E-state index contributed by atoms with van der Waals surface area (Å²) >= 11 is 3.70. The largest absolute Gasteiger partial charge is 0.330 e. The summed E-state index contributed by atoms with van der Waals surface area (Å²) in [5, 5.41) is 4.59. The van der Waals surface area contributed by atoms with E-state index in [1.807, 2.05) is 0 Å². The monoisotopic (exact) mass is 313 g/mol. The lowest BCUT2D eigenvalue weighted by Crippen LogP contribution is -2.35. The quantitative estimate of drug-likeness (QED) is 0.925. The number of halogens is 1. The van der Waals surface area contributed by atoms with Crippen LogP contribution in [-0.4, -0.2) is 16.3 Å². The molecule has 0 saturated heterocycles. The highest BCUT2D eigenvalue weighted by Gasteiger charge is 2.33. The van der Waals surface area contributed by atoms with Gasteiger partial charge >= 0.3 is 0 Å². The summed E-state index contributed by atoms with van der Waals surface area (Å²) in [5.74, 6) is 0. The molecule has 2 rings (SSSR count). The molecule has 2 N–H and O–H groups in total. The van der Waals surface area contributed by atoms with Crippen molar-refractivity contribution in [1.82, 2.24) is 9.78 Å². The average Bonchev–Trinajstić information content (AvgIpc) is 2.67. The molecule has 1 aromatic rings. The lowest BCUT2D eigenvalue weighted by Gasteiger charge is -2.36. The van der Waals surface area contributed by atoms with Gasteiger partial charge in [0.1, 0.15) is 0 Å². The van der Waals surface area contributed by atoms with Gasteiger partial charge in [-0.3, -0.25) is 4.68 Å². The molecular formula is C14H24BrN3. The maximum atomic E-state index is 6.09.